The summed E-state index contributed by atoms with van der Waals surface area (Å²) in [5.41, 5.74) is 0.729. The number of nitrogens with zero attached hydrogens (tertiary/aromatic N) is 2. The first kappa shape index (κ1) is 22.4. The van der Waals surface area contributed by atoms with Crippen LogP contribution in [0.3, 0.4) is 0 Å². The van der Waals surface area contributed by atoms with Crippen molar-refractivity contribution in [3.05, 3.63) is 84.9 Å². The molecule has 0 radical (unpaired) electrons. The lowest BCUT2D eigenvalue weighted by atomic mass is 10.2. The Balaban J connectivity index is 1.35. The van der Waals surface area contributed by atoms with Crippen LogP contribution in [-0.4, -0.2) is 34.1 Å². The summed E-state index contributed by atoms with van der Waals surface area (Å²) >= 11 is 2.72. The highest BCUT2D eigenvalue weighted by atomic mass is 32.2. The third-order valence-corrected chi connectivity index (χ3v) is 7.99. The number of amides is 4. The van der Waals surface area contributed by atoms with Crippen molar-refractivity contribution in [1.82, 2.24) is 0 Å². The first-order chi connectivity index (χ1) is 16.5. The van der Waals surface area contributed by atoms with Crippen LogP contribution >= 0.6 is 23.5 Å². The van der Waals surface area contributed by atoms with Gasteiger partial charge in [0.1, 0.15) is 0 Å². The summed E-state index contributed by atoms with van der Waals surface area (Å²) in [6, 6.07) is 25.5. The number of imide groups is 2. The van der Waals surface area contributed by atoms with Crippen molar-refractivity contribution in [2.24, 2.45) is 0 Å². The van der Waals surface area contributed by atoms with Gasteiger partial charge in [0.05, 0.1) is 21.9 Å². The molecule has 6 nitrogen and oxygen atoms in total. The molecule has 2 atom stereocenters. The second-order valence-electron chi connectivity index (χ2n) is 7.90. The molecule has 2 aliphatic heterocycles. The number of thioether (sulfide) groups is 2. The molecule has 0 aliphatic carbocycles. The molecular formula is C26H20N2O4S2. The maximum absolute atomic E-state index is 13.1. The third kappa shape index (κ3) is 4.38. The zero-order valence-corrected chi connectivity index (χ0v) is 19.6. The lowest BCUT2D eigenvalue weighted by Crippen LogP contribution is -2.33. The van der Waals surface area contributed by atoms with Gasteiger partial charge in [-0.3, -0.25) is 19.2 Å². The highest BCUT2D eigenvalue weighted by Gasteiger charge is 2.42. The molecule has 0 N–H and O–H groups in total. The normalized spacial score (nSPS) is 20.5. The van der Waals surface area contributed by atoms with Crippen molar-refractivity contribution in [2.75, 3.05) is 9.80 Å². The van der Waals surface area contributed by atoms with Gasteiger partial charge in [-0.15, -0.1) is 23.5 Å². The Bertz CT molecular complexity index is 1170. The number of hydrogen-bond donors (Lipinski definition) is 0. The lowest BCUT2D eigenvalue weighted by molar-refractivity contribution is -0.122. The standard InChI is InChI=1S/C26H20N2O4S2/c29-23-15-21(33-19-10-3-1-4-11-19)25(31)27(23)17-8-7-9-18(14-17)28-24(30)16-22(26(28)32)34-20-12-5-2-6-13-20/h1-14,21-22H,15-16H2/t21-,22+. The predicted octanol–water partition coefficient (Wildman–Crippen LogP) is 4.54. The van der Waals surface area contributed by atoms with E-state index in [9.17, 15) is 19.2 Å². The van der Waals surface area contributed by atoms with Crippen molar-refractivity contribution in [3.63, 3.8) is 0 Å². The first-order valence-corrected chi connectivity index (χ1v) is 12.5. The van der Waals surface area contributed by atoms with Gasteiger partial charge in [-0.25, -0.2) is 9.80 Å². The van der Waals surface area contributed by atoms with Crippen molar-refractivity contribution in [3.8, 4) is 0 Å². The van der Waals surface area contributed by atoms with Gasteiger partial charge in [0.15, 0.2) is 0 Å². The fourth-order valence-electron chi connectivity index (χ4n) is 4.03. The molecule has 0 aromatic heterocycles. The summed E-state index contributed by atoms with van der Waals surface area (Å²) in [5, 5.41) is -1.03. The molecule has 2 aliphatic rings. The quantitative estimate of drug-likeness (QED) is 0.475. The van der Waals surface area contributed by atoms with Crippen molar-refractivity contribution < 1.29 is 19.2 Å². The van der Waals surface area contributed by atoms with Crippen LogP contribution < -0.4 is 9.80 Å². The van der Waals surface area contributed by atoms with Gasteiger partial charge in [0.2, 0.25) is 23.6 Å². The summed E-state index contributed by atoms with van der Waals surface area (Å²) in [6.07, 6.45) is 0.194. The van der Waals surface area contributed by atoms with E-state index in [1.807, 2.05) is 60.7 Å². The van der Waals surface area contributed by atoms with Crippen LogP contribution in [0.25, 0.3) is 0 Å². The van der Waals surface area contributed by atoms with Crippen molar-refractivity contribution in [2.45, 2.75) is 33.1 Å². The zero-order chi connectivity index (χ0) is 23.7. The molecule has 0 spiro atoms. The van der Waals surface area contributed by atoms with Gasteiger partial charge in [0, 0.05) is 22.6 Å². The minimum absolute atomic E-state index is 0.0972. The second-order valence-corrected chi connectivity index (χ2v) is 10.5. The maximum Gasteiger partial charge on any atom is 0.247 e. The summed E-state index contributed by atoms with van der Waals surface area (Å²) in [4.78, 5) is 55.8. The van der Waals surface area contributed by atoms with Gasteiger partial charge in [-0.2, -0.15) is 0 Å². The van der Waals surface area contributed by atoms with E-state index < -0.39 is 10.5 Å². The molecule has 3 aromatic rings. The van der Waals surface area contributed by atoms with E-state index >= 15 is 0 Å². The van der Waals surface area contributed by atoms with Crippen molar-refractivity contribution >= 4 is 58.5 Å². The number of anilines is 2. The van der Waals surface area contributed by atoms with Crippen LogP contribution in [0.15, 0.2) is 94.7 Å². The van der Waals surface area contributed by atoms with Gasteiger partial charge < -0.3 is 0 Å². The molecule has 0 saturated carbocycles. The van der Waals surface area contributed by atoms with E-state index in [0.717, 1.165) is 19.6 Å². The maximum atomic E-state index is 13.1. The summed E-state index contributed by atoms with van der Waals surface area (Å²) in [7, 11) is 0. The SMILES string of the molecule is O=C1C[C@H](Sc2ccccc2)C(=O)N1c1cccc(N2C(=O)C[C@@H](Sc3ccccc3)C2=O)c1. The largest absolute Gasteiger partial charge is 0.274 e. The molecule has 2 fully saturated rings. The second kappa shape index (κ2) is 9.48. The molecule has 5 rings (SSSR count). The number of carbonyl (C=O) groups is 4. The predicted molar refractivity (Wildman–Crippen MR) is 133 cm³/mol. The number of benzene rings is 3. The summed E-state index contributed by atoms with van der Waals surface area (Å²) in [5.74, 6) is -1.19. The fraction of sp³-hybridized carbons (Fsp3) is 0.154. The van der Waals surface area contributed by atoms with E-state index in [0.29, 0.717) is 11.4 Å². The molecule has 3 aromatic carbocycles. The fourth-order valence-corrected chi connectivity index (χ4v) is 6.18. The van der Waals surface area contributed by atoms with Crippen LogP contribution in [0.5, 0.6) is 0 Å². The van der Waals surface area contributed by atoms with Crippen LogP contribution in [0.4, 0.5) is 11.4 Å². The first-order valence-electron chi connectivity index (χ1n) is 10.8. The van der Waals surface area contributed by atoms with E-state index in [2.05, 4.69) is 0 Å². The Morgan fingerprint density at radius 3 is 1.38 bits per heavy atom. The van der Waals surface area contributed by atoms with E-state index in [1.165, 1.54) is 23.5 Å². The van der Waals surface area contributed by atoms with Crippen LogP contribution in [0, 0.1) is 0 Å². The number of hydrogen-bond acceptors (Lipinski definition) is 6. The average molecular weight is 489 g/mol. The monoisotopic (exact) mass is 488 g/mol. The Kier molecular flexibility index (Phi) is 6.26. The lowest BCUT2D eigenvalue weighted by Gasteiger charge is -2.19. The highest BCUT2D eigenvalue weighted by molar-refractivity contribution is 8.01. The van der Waals surface area contributed by atoms with E-state index in [4.69, 9.17) is 0 Å². The third-order valence-electron chi connectivity index (χ3n) is 5.60. The van der Waals surface area contributed by atoms with Gasteiger partial charge in [0.25, 0.3) is 0 Å². The number of carbonyl (C=O) groups excluding carboxylic acids is 4. The molecule has 2 saturated heterocycles. The van der Waals surface area contributed by atoms with Crippen LogP contribution in [0.2, 0.25) is 0 Å². The summed E-state index contributed by atoms with van der Waals surface area (Å²) < 4.78 is 0. The van der Waals surface area contributed by atoms with Crippen LogP contribution in [-0.2, 0) is 19.2 Å². The Hall–Kier alpha value is -3.36. The summed E-state index contributed by atoms with van der Waals surface area (Å²) in [6.45, 7) is 0. The molecule has 0 unspecified atom stereocenters. The topological polar surface area (TPSA) is 74.8 Å². The minimum atomic E-state index is -0.514. The van der Waals surface area contributed by atoms with Crippen LogP contribution in [0.1, 0.15) is 12.8 Å². The van der Waals surface area contributed by atoms with E-state index in [1.54, 1.807) is 24.3 Å². The van der Waals surface area contributed by atoms with Gasteiger partial charge in [-0.05, 0) is 42.5 Å². The molecule has 34 heavy (non-hydrogen) atoms. The number of rotatable bonds is 6. The van der Waals surface area contributed by atoms with E-state index in [-0.39, 0.29) is 36.5 Å². The molecule has 4 amide bonds. The zero-order valence-electron chi connectivity index (χ0n) is 18.0. The molecular weight excluding hydrogens is 468 g/mol. The van der Waals surface area contributed by atoms with Gasteiger partial charge >= 0.3 is 0 Å². The Morgan fingerprint density at radius 2 is 0.971 bits per heavy atom. The minimum Gasteiger partial charge on any atom is -0.274 e. The molecule has 8 heteroatoms. The average Bonchev–Trinajstić information content (AvgIpc) is 3.28. The molecule has 170 valence electrons. The molecule has 2 heterocycles. The Morgan fingerprint density at radius 1 is 0.559 bits per heavy atom. The van der Waals surface area contributed by atoms with Gasteiger partial charge in [-0.1, -0.05) is 42.5 Å². The smallest absolute Gasteiger partial charge is 0.247 e. The Labute approximate surface area is 205 Å². The van der Waals surface area contributed by atoms with Crippen molar-refractivity contribution in [1.29, 1.82) is 0 Å². The molecule has 0 bridgehead atoms. The highest BCUT2D eigenvalue weighted by Crippen LogP contribution is 2.37.